The van der Waals surface area contributed by atoms with E-state index >= 15 is 0 Å². The molecular weight excluding hydrogens is 472 g/mol. The van der Waals surface area contributed by atoms with Crippen LogP contribution in [0.2, 0.25) is 0 Å². The van der Waals surface area contributed by atoms with Crippen LogP contribution in [0.1, 0.15) is 5.56 Å². The molecule has 0 spiro atoms. The lowest BCUT2D eigenvalue weighted by Gasteiger charge is -2.30. The summed E-state index contributed by atoms with van der Waals surface area (Å²) in [5, 5.41) is 15.3. The lowest BCUT2D eigenvalue weighted by molar-refractivity contribution is -0.385. The molecule has 3 heterocycles. The Balaban J connectivity index is 1.55. The topological polar surface area (TPSA) is 131 Å². The molecule has 2 saturated heterocycles. The standard InChI is InChI=1S/C18H21BrN8O4/c19-14-2-1-13(11-15(14)27(28)29)12-20-24-16-21-17(25-3-7-30-8-4-25)23-18(22-16)26-5-9-31-10-6-26/h1-2,11-12H,3-10H2,(H,21,22,23,24)/b20-12+. The summed E-state index contributed by atoms with van der Waals surface area (Å²) in [6.45, 7) is 5.22. The predicted octanol–water partition coefficient (Wildman–Crippen LogP) is 1.66. The summed E-state index contributed by atoms with van der Waals surface area (Å²) in [5.74, 6) is 1.40. The van der Waals surface area contributed by atoms with Crippen LogP contribution in [0.25, 0.3) is 0 Å². The van der Waals surface area contributed by atoms with Crippen molar-refractivity contribution in [1.82, 2.24) is 15.0 Å². The molecule has 0 radical (unpaired) electrons. The second kappa shape index (κ2) is 9.94. The van der Waals surface area contributed by atoms with Gasteiger partial charge in [0.05, 0.1) is 42.0 Å². The number of hydrazone groups is 1. The van der Waals surface area contributed by atoms with E-state index in [1.165, 1.54) is 12.3 Å². The van der Waals surface area contributed by atoms with Gasteiger partial charge in [0.15, 0.2) is 0 Å². The van der Waals surface area contributed by atoms with E-state index in [2.05, 4.69) is 41.4 Å². The van der Waals surface area contributed by atoms with Crippen molar-refractivity contribution in [2.75, 3.05) is 67.8 Å². The Morgan fingerprint density at radius 2 is 1.61 bits per heavy atom. The summed E-state index contributed by atoms with van der Waals surface area (Å²) in [5.41, 5.74) is 3.36. The van der Waals surface area contributed by atoms with Gasteiger partial charge in [-0.05, 0) is 22.0 Å². The average Bonchev–Trinajstić information content (AvgIpc) is 2.81. The highest BCUT2D eigenvalue weighted by Crippen LogP contribution is 2.25. The number of hydrogen-bond donors (Lipinski definition) is 1. The van der Waals surface area contributed by atoms with Gasteiger partial charge in [0.25, 0.3) is 5.69 Å². The predicted molar refractivity (Wildman–Crippen MR) is 118 cm³/mol. The summed E-state index contributed by atoms with van der Waals surface area (Å²) >= 11 is 3.17. The molecule has 2 aliphatic heterocycles. The number of nitro benzene ring substituents is 1. The molecule has 0 aliphatic carbocycles. The summed E-state index contributed by atoms with van der Waals surface area (Å²) in [7, 11) is 0. The highest BCUT2D eigenvalue weighted by Gasteiger charge is 2.20. The van der Waals surface area contributed by atoms with E-state index in [1.807, 2.05) is 9.80 Å². The minimum absolute atomic E-state index is 0.0340. The van der Waals surface area contributed by atoms with Crippen LogP contribution in [0.15, 0.2) is 27.8 Å². The maximum atomic E-state index is 11.1. The number of nitro groups is 1. The van der Waals surface area contributed by atoms with Gasteiger partial charge in [0, 0.05) is 37.8 Å². The van der Waals surface area contributed by atoms with E-state index in [9.17, 15) is 10.1 Å². The largest absolute Gasteiger partial charge is 0.378 e. The molecule has 0 unspecified atom stereocenters. The molecule has 0 amide bonds. The highest BCUT2D eigenvalue weighted by molar-refractivity contribution is 9.10. The number of anilines is 3. The number of nitrogens with one attached hydrogen (secondary N) is 1. The van der Waals surface area contributed by atoms with Gasteiger partial charge in [-0.3, -0.25) is 10.1 Å². The van der Waals surface area contributed by atoms with Crippen LogP contribution in [0.4, 0.5) is 23.5 Å². The first-order valence-corrected chi connectivity index (χ1v) is 10.5. The van der Waals surface area contributed by atoms with Crippen LogP contribution < -0.4 is 15.2 Å². The number of rotatable bonds is 6. The molecule has 164 valence electrons. The van der Waals surface area contributed by atoms with Crippen molar-refractivity contribution in [3.8, 4) is 0 Å². The minimum atomic E-state index is -0.454. The highest BCUT2D eigenvalue weighted by atomic mass is 79.9. The molecule has 12 nitrogen and oxygen atoms in total. The van der Waals surface area contributed by atoms with E-state index in [0.717, 1.165) is 0 Å². The van der Waals surface area contributed by atoms with Crippen molar-refractivity contribution in [2.45, 2.75) is 0 Å². The molecule has 1 aromatic heterocycles. The quantitative estimate of drug-likeness (QED) is 0.360. The average molecular weight is 493 g/mol. The fraction of sp³-hybridized carbons (Fsp3) is 0.444. The van der Waals surface area contributed by atoms with Crippen LogP contribution in [-0.2, 0) is 9.47 Å². The minimum Gasteiger partial charge on any atom is -0.378 e. The van der Waals surface area contributed by atoms with E-state index in [0.29, 0.717) is 80.5 Å². The first-order chi connectivity index (χ1) is 15.1. The fourth-order valence-corrected chi connectivity index (χ4v) is 3.52. The normalized spacial score (nSPS) is 17.2. The van der Waals surface area contributed by atoms with Crippen LogP contribution >= 0.6 is 15.9 Å². The Morgan fingerprint density at radius 1 is 1.03 bits per heavy atom. The molecule has 0 atom stereocenters. The fourth-order valence-electron chi connectivity index (χ4n) is 3.13. The van der Waals surface area contributed by atoms with E-state index in [-0.39, 0.29) is 5.69 Å². The molecule has 4 rings (SSSR count). The van der Waals surface area contributed by atoms with E-state index in [1.54, 1.807) is 12.1 Å². The molecule has 0 bridgehead atoms. The Labute approximate surface area is 186 Å². The molecule has 1 aromatic carbocycles. The lowest BCUT2D eigenvalue weighted by atomic mass is 10.2. The van der Waals surface area contributed by atoms with Crippen molar-refractivity contribution >= 4 is 45.7 Å². The van der Waals surface area contributed by atoms with E-state index in [4.69, 9.17) is 9.47 Å². The number of morpholine rings is 2. The van der Waals surface area contributed by atoms with Crippen LogP contribution in [0, 0.1) is 10.1 Å². The zero-order valence-corrected chi connectivity index (χ0v) is 18.2. The molecule has 2 aliphatic rings. The third-order valence-electron chi connectivity index (χ3n) is 4.74. The van der Waals surface area contributed by atoms with Crippen molar-refractivity contribution in [3.63, 3.8) is 0 Å². The lowest BCUT2D eigenvalue weighted by Crippen LogP contribution is -2.40. The number of benzene rings is 1. The van der Waals surface area contributed by atoms with Crippen LogP contribution in [0.5, 0.6) is 0 Å². The number of hydrogen-bond acceptors (Lipinski definition) is 11. The monoisotopic (exact) mass is 492 g/mol. The number of nitrogens with zero attached hydrogens (tertiary/aromatic N) is 7. The van der Waals surface area contributed by atoms with Crippen LogP contribution in [-0.4, -0.2) is 78.7 Å². The molecule has 2 aromatic rings. The maximum absolute atomic E-state index is 11.1. The van der Waals surface area contributed by atoms with Gasteiger partial charge in [0.1, 0.15) is 0 Å². The van der Waals surface area contributed by atoms with Gasteiger partial charge in [-0.25, -0.2) is 5.43 Å². The first-order valence-electron chi connectivity index (χ1n) is 9.74. The number of halogens is 1. The SMILES string of the molecule is O=[N+]([O-])c1cc(/C=N/Nc2nc(N3CCOCC3)nc(N3CCOCC3)n2)ccc1Br. The third kappa shape index (κ3) is 5.42. The van der Waals surface area contributed by atoms with Gasteiger partial charge in [-0.15, -0.1) is 0 Å². The summed E-state index contributed by atoms with van der Waals surface area (Å²) in [6.07, 6.45) is 1.48. The Bertz CT molecular complexity index is 927. The van der Waals surface area contributed by atoms with Crippen molar-refractivity contribution in [2.24, 2.45) is 5.10 Å². The van der Waals surface area contributed by atoms with Crippen molar-refractivity contribution in [3.05, 3.63) is 38.3 Å². The molecule has 0 saturated carbocycles. The zero-order valence-electron chi connectivity index (χ0n) is 16.6. The Morgan fingerprint density at radius 3 is 2.16 bits per heavy atom. The van der Waals surface area contributed by atoms with Crippen molar-refractivity contribution < 1.29 is 14.4 Å². The first kappa shape index (κ1) is 21.3. The summed E-state index contributed by atoms with van der Waals surface area (Å²) in [6, 6.07) is 4.75. The molecular formula is C18H21BrN8O4. The molecule has 2 fully saturated rings. The number of ether oxygens (including phenoxy) is 2. The summed E-state index contributed by atoms with van der Waals surface area (Å²) in [4.78, 5) is 28.4. The van der Waals surface area contributed by atoms with Gasteiger partial charge >= 0.3 is 0 Å². The smallest absolute Gasteiger partial charge is 0.284 e. The van der Waals surface area contributed by atoms with Gasteiger partial charge in [0.2, 0.25) is 17.8 Å². The Kier molecular flexibility index (Phi) is 6.84. The Hall–Kier alpha value is -2.90. The second-order valence-electron chi connectivity index (χ2n) is 6.80. The third-order valence-corrected chi connectivity index (χ3v) is 5.42. The number of aromatic nitrogens is 3. The maximum Gasteiger partial charge on any atom is 0.284 e. The van der Waals surface area contributed by atoms with E-state index < -0.39 is 4.92 Å². The second-order valence-corrected chi connectivity index (χ2v) is 7.65. The van der Waals surface area contributed by atoms with Crippen LogP contribution in [0.3, 0.4) is 0 Å². The summed E-state index contributed by atoms with van der Waals surface area (Å²) < 4.78 is 11.2. The zero-order chi connectivity index (χ0) is 21.6. The van der Waals surface area contributed by atoms with Gasteiger partial charge in [-0.1, -0.05) is 6.07 Å². The van der Waals surface area contributed by atoms with Crippen molar-refractivity contribution in [1.29, 1.82) is 0 Å². The van der Waals surface area contributed by atoms with Gasteiger partial charge < -0.3 is 19.3 Å². The molecule has 13 heteroatoms. The molecule has 1 N–H and O–H groups in total. The molecule has 31 heavy (non-hydrogen) atoms. The van der Waals surface area contributed by atoms with Gasteiger partial charge in [-0.2, -0.15) is 20.1 Å².